The number of hydrogen-bond acceptors (Lipinski definition) is 4. The summed E-state index contributed by atoms with van der Waals surface area (Å²) in [5.74, 6) is -0.284. The van der Waals surface area contributed by atoms with Gasteiger partial charge in [-0.1, -0.05) is 17.7 Å². The number of carbonyl (C=O) groups excluding carboxylic acids is 1. The Bertz CT molecular complexity index is 527. The fourth-order valence-corrected chi connectivity index (χ4v) is 1.76. The SMILES string of the molecule is Cc1c(Cl)cccc1OCC(=O)NS(C)(=O)=O. The van der Waals surface area contributed by atoms with Crippen molar-refractivity contribution in [3.8, 4) is 5.75 Å². The van der Waals surface area contributed by atoms with Crippen LogP contribution in [0.3, 0.4) is 0 Å². The third kappa shape index (κ3) is 4.62. The molecule has 0 aliphatic carbocycles. The number of sulfonamides is 1. The third-order valence-corrected chi connectivity index (χ3v) is 2.88. The Morgan fingerprint density at radius 3 is 2.71 bits per heavy atom. The van der Waals surface area contributed by atoms with E-state index in [1.165, 1.54) is 0 Å². The van der Waals surface area contributed by atoms with Crippen LogP contribution in [0, 0.1) is 6.92 Å². The molecule has 0 fully saturated rings. The number of halogens is 1. The van der Waals surface area contributed by atoms with Crippen LogP contribution in [0.4, 0.5) is 0 Å². The van der Waals surface area contributed by atoms with E-state index < -0.39 is 15.9 Å². The molecule has 1 rings (SSSR count). The van der Waals surface area contributed by atoms with E-state index in [1.54, 1.807) is 29.8 Å². The Kier molecular flexibility index (Phi) is 4.36. The van der Waals surface area contributed by atoms with Crippen LogP contribution in [0.5, 0.6) is 5.75 Å². The second kappa shape index (κ2) is 5.37. The zero-order valence-corrected chi connectivity index (χ0v) is 10.9. The predicted octanol–water partition coefficient (Wildman–Crippen LogP) is 1.10. The summed E-state index contributed by atoms with van der Waals surface area (Å²) in [6.07, 6.45) is 0.898. The molecule has 17 heavy (non-hydrogen) atoms. The van der Waals surface area contributed by atoms with E-state index in [4.69, 9.17) is 16.3 Å². The van der Waals surface area contributed by atoms with Crippen molar-refractivity contribution < 1.29 is 17.9 Å². The lowest BCUT2D eigenvalue weighted by molar-refractivity contribution is -0.121. The largest absolute Gasteiger partial charge is 0.483 e. The van der Waals surface area contributed by atoms with E-state index in [9.17, 15) is 13.2 Å². The van der Waals surface area contributed by atoms with Gasteiger partial charge in [0.2, 0.25) is 10.0 Å². The number of hydrogen-bond donors (Lipinski definition) is 1. The van der Waals surface area contributed by atoms with Gasteiger partial charge < -0.3 is 4.74 Å². The molecule has 94 valence electrons. The molecule has 0 radical (unpaired) electrons. The van der Waals surface area contributed by atoms with E-state index in [-0.39, 0.29) is 6.61 Å². The number of benzene rings is 1. The minimum Gasteiger partial charge on any atom is -0.483 e. The molecule has 0 aliphatic rings. The highest BCUT2D eigenvalue weighted by molar-refractivity contribution is 7.89. The van der Waals surface area contributed by atoms with Crippen molar-refractivity contribution in [1.82, 2.24) is 4.72 Å². The molecule has 1 amide bonds. The smallest absolute Gasteiger partial charge is 0.271 e. The van der Waals surface area contributed by atoms with Crippen molar-refractivity contribution in [3.05, 3.63) is 28.8 Å². The topological polar surface area (TPSA) is 72.5 Å². The molecule has 0 saturated heterocycles. The van der Waals surface area contributed by atoms with Crippen molar-refractivity contribution >= 4 is 27.5 Å². The highest BCUT2D eigenvalue weighted by atomic mass is 35.5. The molecule has 0 aromatic heterocycles. The zero-order valence-electron chi connectivity index (χ0n) is 9.36. The first-order valence-electron chi connectivity index (χ1n) is 4.68. The van der Waals surface area contributed by atoms with E-state index in [1.807, 2.05) is 0 Å². The summed E-state index contributed by atoms with van der Waals surface area (Å²) in [7, 11) is -3.55. The van der Waals surface area contributed by atoms with Gasteiger partial charge in [0.1, 0.15) is 5.75 Å². The molecular weight excluding hydrogens is 266 g/mol. The van der Waals surface area contributed by atoms with Crippen LogP contribution >= 0.6 is 11.6 Å². The van der Waals surface area contributed by atoms with Crippen molar-refractivity contribution in [1.29, 1.82) is 0 Å². The van der Waals surface area contributed by atoms with Crippen LogP contribution in [0.25, 0.3) is 0 Å². The van der Waals surface area contributed by atoms with Gasteiger partial charge in [0.25, 0.3) is 5.91 Å². The van der Waals surface area contributed by atoms with Gasteiger partial charge >= 0.3 is 0 Å². The summed E-state index contributed by atoms with van der Waals surface area (Å²) in [4.78, 5) is 11.2. The minimum absolute atomic E-state index is 0.381. The number of amides is 1. The van der Waals surface area contributed by atoms with Gasteiger partial charge in [-0.15, -0.1) is 0 Å². The number of carbonyl (C=O) groups is 1. The molecule has 0 unspecified atom stereocenters. The fourth-order valence-electron chi connectivity index (χ4n) is 1.12. The van der Waals surface area contributed by atoms with Crippen LogP contribution in [-0.4, -0.2) is 27.2 Å². The number of rotatable bonds is 4. The Hall–Kier alpha value is -1.27. The second-order valence-electron chi connectivity index (χ2n) is 3.45. The molecular formula is C10H12ClNO4S. The molecule has 1 N–H and O–H groups in total. The highest BCUT2D eigenvalue weighted by Crippen LogP contribution is 2.24. The molecule has 0 heterocycles. The normalized spacial score (nSPS) is 11.0. The lowest BCUT2D eigenvalue weighted by Crippen LogP contribution is -2.33. The predicted molar refractivity (Wildman–Crippen MR) is 64.7 cm³/mol. The van der Waals surface area contributed by atoms with Gasteiger partial charge in [-0.3, -0.25) is 9.52 Å². The van der Waals surface area contributed by atoms with Gasteiger partial charge in [0.05, 0.1) is 6.26 Å². The highest BCUT2D eigenvalue weighted by Gasteiger charge is 2.10. The van der Waals surface area contributed by atoms with Crippen LogP contribution < -0.4 is 9.46 Å². The number of nitrogens with one attached hydrogen (secondary N) is 1. The Labute approximate surface area is 105 Å². The van der Waals surface area contributed by atoms with Crippen molar-refractivity contribution in [2.75, 3.05) is 12.9 Å². The zero-order chi connectivity index (χ0) is 13.1. The molecule has 0 aliphatic heterocycles. The van der Waals surface area contributed by atoms with Crippen LogP contribution in [0.1, 0.15) is 5.56 Å². The maximum Gasteiger partial charge on any atom is 0.271 e. The molecule has 5 nitrogen and oxygen atoms in total. The summed E-state index contributed by atoms with van der Waals surface area (Å²) in [5.41, 5.74) is 0.696. The standard InChI is InChI=1S/C10H12ClNO4S/c1-7-8(11)4-3-5-9(7)16-6-10(13)12-17(2,14)15/h3-5H,6H2,1-2H3,(H,12,13). The van der Waals surface area contributed by atoms with Crippen molar-refractivity contribution in [3.63, 3.8) is 0 Å². The Balaban J connectivity index is 2.62. The Morgan fingerprint density at radius 1 is 1.47 bits per heavy atom. The van der Waals surface area contributed by atoms with E-state index >= 15 is 0 Å². The maximum atomic E-state index is 11.2. The molecule has 0 bridgehead atoms. The third-order valence-electron chi connectivity index (χ3n) is 1.88. The summed E-state index contributed by atoms with van der Waals surface area (Å²) < 4.78 is 28.5. The van der Waals surface area contributed by atoms with Gasteiger partial charge in [-0.2, -0.15) is 0 Å². The lowest BCUT2D eigenvalue weighted by Gasteiger charge is -2.09. The van der Waals surface area contributed by atoms with Crippen LogP contribution in [-0.2, 0) is 14.8 Å². The summed E-state index contributed by atoms with van der Waals surface area (Å²) in [5, 5.41) is 0.519. The van der Waals surface area contributed by atoms with Crippen molar-refractivity contribution in [2.24, 2.45) is 0 Å². The average Bonchev–Trinajstić information content (AvgIpc) is 2.18. The molecule has 1 aromatic carbocycles. The van der Waals surface area contributed by atoms with E-state index in [0.29, 0.717) is 16.3 Å². The second-order valence-corrected chi connectivity index (χ2v) is 5.60. The van der Waals surface area contributed by atoms with Crippen LogP contribution in [0.2, 0.25) is 5.02 Å². The Morgan fingerprint density at radius 2 is 2.12 bits per heavy atom. The summed E-state index contributed by atoms with van der Waals surface area (Å²) in [6.45, 7) is 1.36. The molecule has 0 spiro atoms. The number of ether oxygens (including phenoxy) is 1. The monoisotopic (exact) mass is 277 g/mol. The lowest BCUT2D eigenvalue weighted by atomic mass is 10.2. The molecule has 0 saturated carbocycles. The minimum atomic E-state index is -3.55. The van der Waals surface area contributed by atoms with E-state index in [0.717, 1.165) is 6.26 Å². The van der Waals surface area contributed by atoms with E-state index in [2.05, 4.69) is 0 Å². The molecule has 0 atom stereocenters. The molecule has 1 aromatic rings. The summed E-state index contributed by atoms with van der Waals surface area (Å²) >= 11 is 5.86. The van der Waals surface area contributed by atoms with Gasteiger partial charge in [0, 0.05) is 10.6 Å². The quantitative estimate of drug-likeness (QED) is 0.895. The first-order valence-corrected chi connectivity index (χ1v) is 6.95. The summed E-state index contributed by atoms with van der Waals surface area (Å²) in [6, 6.07) is 5.02. The van der Waals surface area contributed by atoms with Crippen LogP contribution in [0.15, 0.2) is 18.2 Å². The fraction of sp³-hybridized carbons (Fsp3) is 0.300. The maximum absolute atomic E-state index is 11.2. The average molecular weight is 278 g/mol. The molecule has 7 heteroatoms. The first-order chi connectivity index (χ1) is 7.79. The van der Waals surface area contributed by atoms with Gasteiger partial charge in [-0.25, -0.2) is 8.42 Å². The van der Waals surface area contributed by atoms with Gasteiger partial charge in [0.15, 0.2) is 6.61 Å². The first kappa shape index (κ1) is 13.8. The van der Waals surface area contributed by atoms with Gasteiger partial charge in [-0.05, 0) is 19.1 Å². The van der Waals surface area contributed by atoms with Crippen molar-refractivity contribution in [2.45, 2.75) is 6.92 Å².